The molecule has 2 aliphatic heterocycles. The zero-order chi connectivity index (χ0) is 24.5. The molecular weight excluding hydrogens is 441 g/mol. The summed E-state index contributed by atoms with van der Waals surface area (Å²) in [6.45, 7) is 9.89. The third kappa shape index (κ3) is 5.35. The second-order valence-corrected chi connectivity index (χ2v) is 10.1. The molecule has 4 rings (SSSR count). The molecule has 0 unspecified atom stereocenters. The first-order valence-corrected chi connectivity index (χ1v) is 12.1. The molecule has 0 saturated carbocycles. The highest BCUT2D eigenvalue weighted by atomic mass is 19.1. The molecule has 1 amide bonds. The maximum absolute atomic E-state index is 15.5. The number of esters is 1. The molecule has 2 fully saturated rings. The molecule has 0 radical (unpaired) electrons. The number of fused-ring (bicyclic) bond motifs is 1. The Kier molecular flexibility index (Phi) is 7.12. The normalized spacial score (nSPS) is 19.2. The van der Waals surface area contributed by atoms with Crippen LogP contribution in [0.4, 0.5) is 9.18 Å². The molecule has 8 nitrogen and oxygen atoms in total. The predicted octanol–water partition coefficient (Wildman–Crippen LogP) is 4.33. The average molecular weight is 476 g/mol. The molecule has 2 saturated heterocycles. The van der Waals surface area contributed by atoms with Crippen LogP contribution in [-0.2, 0) is 27.2 Å². The summed E-state index contributed by atoms with van der Waals surface area (Å²) in [5, 5.41) is 0. The molecule has 1 aromatic carbocycles. The number of amides is 1. The van der Waals surface area contributed by atoms with Crippen LogP contribution in [0, 0.1) is 11.7 Å². The van der Waals surface area contributed by atoms with E-state index in [-0.39, 0.29) is 24.4 Å². The largest absolute Gasteiger partial charge is 0.462 e. The Balaban J connectivity index is 1.54. The minimum Gasteiger partial charge on any atom is -0.462 e. The Morgan fingerprint density at radius 3 is 2.50 bits per heavy atom. The van der Waals surface area contributed by atoms with Crippen LogP contribution in [0.5, 0.6) is 0 Å². The van der Waals surface area contributed by atoms with Gasteiger partial charge in [0.1, 0.15) is 16.9 Å². The summed E-state index contributed by atoms with van der Waals surface area (Å²) in [5.41, 5.74) is 0.241. The Labute approximate surface area is 199 Å². The van der Waals surface area contributed by atoms with Gasteiger partial charge in [-0.2, -0.15) is 0 Å². The molecule has 2 aromatic rings. The first kappa shape index (κ1) is 24.4. The number of imidazole rings is 1. The summed E-state index contributed by atoms with van der Waals surface area (Å²) in [5.74, 6) is -0.190. The number of halogens is 1. The van der Waals surface area contributed by atoms with E-state index in [0.717, 1.165) is 25.1 Å². The average Bonchev–Trinajstić information content (AvgIpc) is 3.08. The molecule has 34 heavy (non-hydrogen) atoms. The Hall–Kier alpha value is -2.68. The van der Waals surface area contributed by atoms with Crippen molar-refractivity contribution in [2.24, 2.45) is 5.92 Å². The number of hydrogen-bond donors (Lipinski definition) is 0. The molecular formula is C25H34FN3O5. The second-order valence-electron chi connectivity index (χ2n) is 10.1. The van der Waals surface area contributed by atoms with Gasteiger partial charge >= 0.3 is 12.1 Å². The van der Waals surface area contributed by atoms with Crippen molar-refractivity contribution in [3.8, 4) is 0 Å². The number of hydrogen-bond acceptors (Lipinski definition) is 6. The maximum Gasteiger partial charge on any atom is 0.410 e. The third-order valence-electron chi connectivity index (χ3n) is 6.34. The summed E-state index contributed by atoms with van der Waals surface area (Å²) < 4.78 is 33.5. The Bertz CT molecular complexity index is 1050. The third-order valence-corrected chi connectivity index (χ3v) is 6.34. The second kappa shape index (κ2) is 9.90. The van der Waals surface area contributed by atoms with Gasteiger partial charge in [0, 0.05) is 26.1 Å². The van der Waals surface area contributed by atoms with E-state index in [2.05, 4.69) is 0 Å². The van der Waals surface area contributed by atoms with E-state index in [9.17, 15) is 9.59 Å². The van der Waals surface area contributed by atoms with Crippen LogP contribution in [-0.4, -0.2) is 64.5 Å². The van der Waals surface area contributed by atoms with Gasteiger partial charge in [-0.15, -0.1) is 0 Å². The summed E-state index contributed by atoms with van der Waals surface area (Å²) in [4.78, 5) is 31.1. The number of likely N-dealkylation sites (tertiary alicyclic amines) is 1. The number of aromatic nitrogens is 2. The van der Waals surface area contributed by atoms with Crippen molar-refractivity contribution >= 4 is 23.1 Å². The van der Waals surface area contributed by atoms with Crippen LogP contribution in [0.1, 0.15) is 63.1 Å². The number of carbonyl (C=O) groups excluding carboxylic acids is 2. The van der Waals surface area contributed by atoms with E-state index < -0.39 is 17.4 Å². The van der Waals surface area contributed by atoms with E-state index in [1.165, 1.54) is 6.07 Å². The minimum atomic E-state index is -0.675. The summed E-state index contributed by atoms with van der Waals surface area (Å²) in [6.07, 6.45) is 2.94. The first-order valence-electron chi connectivity index (χ1n) is 12.1. The number of nitrogens with zero attached hydrogens (tertiary/aromatic N) is 3. The van der Waals surface area contributed by atoms with Gasteiger partial charge in [-0.1, -0.05) is 0 Å². The van der Waals surface area contributed by atoms with E-state index in [1.54, 1.807) is 17.9 Å². The predicted molar refractivity (Wildman–Crippen MR) is 124 cm³/mol. The molecule has 1 atom stereocenters. The van der Waals surface area contributed by atoms with Crippen molar-refractivity contribution in [3.05, 3.63) is 29.3 Å². The summed E-state index contributed by atoms with van der Waals surface area (Å²) >= 11 is 0. The van der Waals surface area contributed by atoms with Gasteiger partial charge in [0.2, 0.25) is 0 Å². The summed E-state index contributed by atoms with van der Waals surface area (Å²) in [6, 6.07) is 3.12. The number of carbonyl (C=O) groups is 2. The van der Waals surface area contributed by atoms with E-state index in [0.29, 0.717) is 49.6 Å². The van der Waals surface area contributed by atoms with Gasteiger partial charge in [-0.3, -0.25) is 0 Å². The van der Waals surface area contributed by atoms with Gasteiger partial charge in [0.25, 0.3) is 0 Å². The SMILES string of the molecule is CCOC(=O)c1ccc2nc(CC3CCN(C(=O)OC(C)(C)C)CC3)n(C[C@@H]3CCO3)c2c1F. The molecule has 3 heterocycles. The van der Waals surface area contributed by atoms with Crippen LogP contribution >= 0.6 is 0 Å². The van der Waals surface area contributed by atoms with Crippen molar-refractivity contribution in [1.82, 2.24) is 14.5 Å². The van der Waals surface area contributed by atoms with Gasteiger partial charge in [0.15, 0.2) is 5.82 Å². The number of piperidine rings is 1. The molecule has 0 N–H and O–H groups in total. The molecule has 2 aliphatic rings. The number of rotatable bonds is 6. The van der Waals surface area contributed by atoms with Crippen LogP contribution in [0.2, 0.25) is 0 Å². The smallest absolute Gasteiger partial charge is 0.410 e. The van der Waals surface area contributed by atoms with Crippen molar-refractivity contribution in [1.29, 1.82) is 0 Å². The monoisotopic (exact) mass is 475 g/mol. The van der Waals surface area contributed by atoms with Crippen molar-refractivity contribution in [2.45, 2.75) is 71.6 Å². The quantitative estimate of drug-likeness (QED) is 0.579. The maximum atomic E-state index is 15.5. The van der Waals surface area contributed by atoms with Gasteiger partial charge < -0.3 is 23.7 Å². The highest BCUT2D eigenvalue weighted by molar-refractivity contribution is 5.94. The molecule has 9 heteroatoms. The fourth-order valence-electron chi connectivity index (χ4n) is 4.49. The zero-order valence-corrected chi connectivity index (χ0v) is 20.4. The summed E-state index contributed by atoms with van der Waals surface area (Å²) in [7, 11) is 0. The lowest BCUT2D eigenvalue weighted by molar-refractivity contribution is -0.0591. The lowest BCUT2D eigenvalue weighted by atomic mass is 9.93. The minimum absolute atomic E-state index is 0.0100. The van der Waals surface area contributed by atoms with E-state index >= 15 is 4.39 Å². The fourth-order valence-corrected chi connectivity index (χ4v) is 4.49. The Morgan fingerprint density at radius 2 is 1.91 bits per heavy atom. The van der Waals surface area contributed by atoms with Crippen LogP contribution < -0.4 is 0 Å². The zero-order valence-electron chi connectivity index (χ0n) is 20.4. The fraction of sp³-hybridized carbons (Fsp3) is 0.640. The van der Waals surface area contributed by atoms with Crippen molar-refractivity contribution < 1.29 is 28.2 Å². The van der Waals surface area contributed by atoms with Gasteiger partial charge in [-0.05, 0) is 65.0 Å². The number of ether oxygens (including phenoxy) is 3. The first-order chi connectivity index (χ1) is 16.2. The van der Waals surface area contributed by atoms with Crippen LogP contribution in [0.25, 0.3) is 11.0 Å². The molecule has 1 aromatic heterocycles. The van der Waals surface area contributed by atoms with Crippen molar-refractivity contribution in [3.63, 3.8) is 0 Å². The highest BCUT2D eigenvalue weighted by Gasteiger charge is 2.30. The van der Waals surface area contributed by atoms with Gasteiger partial charge in [-0.25, -0.2) is 19.0 Å². The van der Waals surface area contributed by atoms with E-state index in [1.807, 2.05) is 25.3 Å². The number of benzene rings is 1. The van der Waals surface area contributed by atoms with Crippen LogP contribution in [0.3, 0.4) is 0 Å². The standard InChI is InChI=1S/C25H34FN3O5/c1-5-32-23(30)18-6-7-19-22(21(18)26)29(15-17-10-13-33-17)20(27-19)14-16-8-11-28(12-9-16)24(31)34-25(2,3)4/h6-7,16-17H,5,8-15H2,1-4H3/t17-/m0/s1. The molecule has 0 aliphatic carbocycles. The van der Waals surface area contributed by atoms with Crippen molar-refractivity contribution in [2.75, 3.05) is 26.3 Å². The molecule has 186 valence electrons. The topological polar surface area (TPSA) is 82.9 Å². The lowest BCUT2D eigenvalue weighted by Crippen LogP contribution is -2.42. The lowest BCUT2D eigenvalue weighted by Gasteiger charge is -2.33. The van der Waals surface area contributed by atoms with E-state index in [4.69, 9.17) is 19.2 Å². The Morgan fingerprint density at radius 1 is 1.21 bits per heavy atom. The van der Waals surface area contributed by atoms with Crippen LogP contribution in [0.15, 0.2) is 12.1 Å². The highest BCUT2D eigenvalue weighted by Crippen LogP contribution is 2.29. The molecule has 0 bridgehead atoms. The molecule has 0 spiro atoms. The van der Waals surface area contributed by atoms with Gasteiger partial charge in [0.05, 0.1) is 30.3 Å².